The average Bonchev–Trinajstić information content (AvgIpc) is 2.53. The van der Waals surface area contributed by atoms with E-state index < -0.39 is 5.97 Å². The first kappa shape index (κ1) is 16.3. The zero-order valence-corrected chi connectivity index (χ0v) is 13.5. The quantitative estimate of drug-likeness (QED) is 0.727. The molecular weight excluding hydrogens is 274 g/mol. The van der Waals surface area contributed by atoms with Crippen molar-refractivity contribution >= 4 is 22.4 Å². The van der Waals surface area contributed by atoms with Crippen LogP contribution in [0.15, 0.2) is 42.5 Å². The van der Waals surface area contributed by atoms with E-state index in [1.165, 1.54) is 17.2 Å². The molecule has 118 valence electrons. The highest BCUT2D eigenvalue weighted by molar-refractivity contribution is 5.94. The Labute approximate surface area is 132 Å². The number of fused-ring (bicyclic) bond motifs is 1. The Morgan fingerprint density at radius 1 is 1.14 bits per heavy atom. The van der Waals surface area contributed by atoms with Crippen molar-refractivity contribution in [2.75, 3.05) is 18.0 Å². The number of aliphatic carboxylic acids is 1. The highest BCUT2D eigenvalue weighted by Crippen LogP contribution is 2.27. The highest BCUT2D eigenvalue weighted by atomic mass is 16.4. The summed E-state index contributed by atoms with van der Waals surface area (Å²) >= 11 is 0. The molecule has 2 aromatic rings. The normalized spacial score (nSPS) is 12.3. The minimum absolute atomic E-state index is 0.374. The number of rotatable bonds is 8. The third-order valence-electron chi connectivity index (χ3n) is 4.05. The van der Waals surface area contributed by atoms with Crippen LogP contribution in [0.25, 0.3) is 10.8 Å². The van der Waals surface area contributed by atoms with Gasteiger partial charge in [0.05, 0.1) is 5.92 Å². The lowest BCUT2D eigenvalue weighted by molar-refractivity contribution is -0.140. The number of hydrogen-bond acceptors (Lipinski definition) is 2. The van der Waals surface area contributed by atoms with E-state index in [0.29, 0.717) is 6.54 Å². The van der Waals surface area contributed by atoms with Crippen molar-refractivity contribution in [3.63, 3.8) is 0 Å². The number of benzene rings is 2. The van der Waals surface area contributed by atoms with Crippen molar-refractivity contribution in [1.29, 1.82) is 0 Å². The van der Waals surface area contributed by atoms with Crippen LogP contribution in [0.3, 0.4) is 0 Å². The van der Waals surface area contributed by atoms with Gasteiger partial charge in [0.2, 0.25) is 0 Å². The van der Waals surface area contributed by atoms with Crippen molar-refractivity contribution in [3.8, 4) is 0 Å². The van der Waals surface area contributed by atoms with Crippen molar-refractivity contribution in [3.05, 3.63) is 42.5 Å². The SMILES string of the molecule is CCCCCN(CC(C)C(=O)O)c1cccc2ccccc12. The number of hydrogen-bond donors (Lipinski definition) is 1. The average molecular weight is 299 g/mol. The summed E-state index contributed by atoms with van der Waals surface area (Å²) in [6.07, 6.45) is 3.42. The van der Waals surface area contributed by atoms with Gasteiger partial charge in [-0.05, 0) is 17.9 Å². The molecule has 2 aromatic carbocycles. The molecule has 0 aromatic heterocycles. The van der Waals surface area contributed by atoms with Crippen molar-refractivity contribution in [2.45, 2.75) is 33.1 Å². The molecule has 3 heteroatoms. The summed E-state index contributed by atoms with van der Waals surface area (Å²) in [5.74, 6) is -1.11. The van der Waals surface area contributed by atoms with Crippen molar-refractivity contribution < 1.29 is 9.90 Å². The minimum atomic E-state index is -0.735. The Bertz CT molecular complexity index is 618. The maximum absolute atomic E-state index is 11.2. The van der Waals surface area contributed by atoms with Gasteiger partial charge in [-0.15, -0.1) is 0 Å². The fraction of sp³-hybridized carbons (Fsp3) is 0.421. The van der Waals surface area contributed by atoms with E-state index in [9.17, 15) is 9.90 Å². The van der Waals surface area contributed by atoms with Gasteiger partial charge in [0, 0.05) is 24.2 Å². The molecule has 0 heterocycles. The summed E-state index contributed by atoms with van der Waals surface area (Å²) in [6, 6.07) is 14.5. The highest BCUT2D eigenvalue weighted by Gasteiger charge is 2.17. The Hall–Kier alpha value is -2.03. The molecular formula is C19H25NO2. The van der Waals surface area contributed by atoms with Crippen LogP contribution in [0.5, 0.6) is 0 Å². The largest absolute Gasteiger partial charge is 0.481 e. The molecule has 0 amide bonds. The molecule has 2 rings (SSSR count). The third-order valence-corrected chi connectivity index (χ3v) is 4.05. The van der Waals surface area contributed by atoms with Crippen LogP contribution in [0.4, 0.5) is 5.69 Å². The van der Waals surface area contributed by atoms with Crippen LogP contribution in [0.2, 0.25) is 0 Å². The number of unbranched alkanes of at least 4 members (excludes halogenated alkanes) is 2. The number of carboxylic acids is 1. The zero-order chi connectivity index (χ0) is 15.9. The Morgan fingerprint density at radius 3 is 2.59 bits per heavy atom. The molecule has 1 unspecified atom stereocenters. The number of carbonyl (C=O) groups is 1. The summed E-state index contributed by atoms with van der Waals surface area (Å²) < 4.78 is 0. The molecule has 0 aliphatic carbocycles. The topological polar surface area (TPSA) is 40.5 Å². The minimum Gasteiger partial charge on any atom is -0.481 e. The zero-order valence-electron chi connectivity index (χ0n) is 13.5. The Kier molecular flexibility index (Phi) is 5.82. The van der Waals surface area contributed by atoms with Crippen LogP contribution in [-0.4, -0.2) is 24.2 Å². The monoisotopic (exact) mass is 299 g/mol. The van der Waals surface area contributed by atoms with Gasteiger partial charge in [-0.3, -0.25) is 4.79 Å². The van der Waals surface area contributed by atoms with Crippen molar-refractivity contribution in [2.24, 2.45) is 5.92 Å². The molecule has 22 heavy (non-hydrogen) atoms. The van der Waals surface area contributed by atoms with E-state index >= 15 is 0 Å². The molecule has 3 nitrogen and oxygen atoms in total. The fourth-order valence-corrected chi connectivity index (χ4v) is 2.76. The third kappa shape index (κ3) is 4.00. The van der Waals surface area contributed by atoms with E-state index in [1.807, 2.05) is 12.1 Å². The van der Waals surface area contributed by atoms with E-state index in [0.717, 1.165) is 25.1 Å². The second-order valence-electron chi connectivity index (χ2n) is 5.89. The van der Waals surface area contributed by atoms with Crippen LogP contribution in [0.1, 0.15) is 33.1 Å². The summed E-state index contributed by atoms with van der Waals surface area (Å²) in [4.78, 5) is 13.5. The predicted molar refractivity (Wildman–Crippen MR) is 92.5 cm³/mol. The van der Waals surface area contributed by atoms with Crippen LogP contribution in [-0.2, 0) is 4.79 Å². The molecule has 0 radical (unpaired) electrons. The van der Waals surface area contributed by atoms with Crippen molar-refractivity contribution in [1.82, 2.24) is 0 Å². The van der Waals surface area contributed by atoms with Gasteiger partial charge in [-0.1, -0.05) is 63.1 Å². The van der Waals surface area contributed by atoms with Crippen LogP contribution >= 0.6 is 0 Å². The van der Waals surface area contributed by atoms with Gasteiger partial charge in [-0.2, -0.15) is 0 Å². The van der Waals surface area contributed by atoms with E-state index in [2.05, 4.69) is 42.2 Å². The predicted octanol–water partition coefficient (Wildman–Crippen LogP) is 4.56. The smallest absolute Gasteiger partial charge is 0.308 e. The molecule has 1 N–H and O–H groups in total. The summed E-state index contributed by atoms with van der Waals surface area (Å²) in [5, 5.41) is 11.6. The van der Waals surface area contributed by atoms with Gasteiger partial charge in [0.25, 0.3) is 0 Å². The number of nitrogens with zero attached hydrogens (tertiary/aromatic N) is 1. The first-order chi connectivity index (χ1) is 10.6. The van der Waals surface area contributed by atoms with Gasteiger partial charge in [0.15, 0.2) is 0 Å². The number of anilines is 1. The Balaban J connectivity index is 2.31. The van der Waals surface area contributed by atoms with Gasteiger partial charge >= 0.3 is 5.97 Å². The van der Waals surface area contributed by atoms with E-state index in [-0.39, 0.29) is 5.92 Å². The van der Waals surface area contributed by atoms with Gasteiger partial charge in [-0.25, -0.2) is 0 Å². The second kappa shape index (κ2) is 7.83. The van der Waals surface area contributed by atoms with Crippen LogP contribution in [0, 0.1) is 5.92 Å². The van der Waals surface area contributed by atoms with Gasteiger partial charge < -0.3 is 10.0 Å². The number of carboxylic acid groups (broad SMARTS) is 1. The van der Waals surface area contributed by atoms with E-state index in [1.54, 1.807) is 6.92 Å². The Morgan fingerprint density at radius 2 is 1.86 bits per heavy atom. The molecule has 0 bridgehead atoms. The first-order valence-corrected chi connectivity index (χ1v) is 8.09. The van der Waals surface area contributed by atoms with E-state index in [4.69, 9.17) is 0 Å². The molecule has 0 saturated heterocycles. The van der Waals surface area contributed by atoms with Crippen LogP contribution < -0.4 is 4.90 Å². The fourth-order valence-electron chi connectivity index (χ4n) is 2.76. The lowest BCUT2D eigenvalue weighted by Crippen LogP contribution is -2.32. The second-order valence-corrected chi connectivity index (χ2v) is 5.89. The lowest BCUT2D eigenvalue weighted by Gasteiger charge is -2.28. The summed E-state index contributed by atoms with van der Waals surface area (Å²) in [6.45, 7) is 5.41. The molecule has 0 aliphatic rings. The summed E-state index contributed by atoms with van der Waals surface area (Å²) in [7, 11) is 0. The molecule has 1 atom stereocenters. The molecule has 0 aliphatic heterocycles. The maximum Gasteiger partial charge on any atom is 0.308 e. The molecule has 0 saturated carbocycles. The molecule has 0 fully saturated rings. The van der Waals surface area contributed by atoms with Gasteiger partial charge in [0.1, 0.15) is 0 Å². The standard InChI is InChI=1S/C19H25NO2/c1-3-4-7-13-20(14-15(2)19(21)22)18-12-8-10-16-9-5-6-11-17(16)18/h5-6,8-12,15H,3-4,7,13-14H2,1-2H3,(H,21,22). The molecule has 0 spiro atoms. The first-order valence-electron chi connectivity index (χ1n) is 8.09. The summed E-state index contributed by atoms with van der Waals surface area (Å²) in [5.41, 5.74) is 1.14. The maximum atomic E-state index is 11.2. The lowest BCUT2D eigenvalue weighted by atomic mass is 10.1.